The standard InChI is InChI=1S/C13H10ClFN2OS/c14-9-6-7-12(15)11(8-9)13(18)16-17-19-10-4-2-1-3-5-10/h1-8,17H,(H,16,18). The van der Waals surface area contributed by atoms with Crippen molar-refractivity contribution in [3.63, 3.8) is 0 Å². The van der Waals surface area contributed by atoms with Crippen molar-refractivity contribution in [2.45, 2.75) is 4.90 Å². The first-order valence-electron chi connectivity index (χ1n) is 5.39. The highest BCUT2D eigenvalue weighted by molar-refractivity contribution is 7.97. The number of hydrazine groups is 1. The van der Waals surface area contributed by atoms with Crippen molar-refractivity contribution in [3.05, 3.63) is 64.9 Å². The normalized spacial score (nSPS) is 10.2. The zero-order valence-corrected chi connectivity index (χ0v) is 11.3. The topological polar surface area (TPSA) is 41.1 Å². The van der Waals surface area contributed by atoms with Crippen molar-refractivity contribution in [2.75, 3.05) is 0 Å². The lowest BCUT2D eigenvalue weighted by Crippen LogP contribution is -2.33. The van der Waals surface area contributed by atoms with E-state index in [0.717, 1.165) is 11.0 Å². The van der Waals surface area contributed by atoms with E-state index in [0.29, 0.717) is 5.02 Å². The Morgan fingerprint density at radius 3 is 2.63 bits per heavy atom. The fraction of sp³-hybridized carbons (Fsp3) is 0. The predicted molar refractivity (Wildman–Crippen MR) is 74.3 cm³/mol. The molecule has 19 heavy (non-hydrogen) atoms. The first-order valence-corrected chi connectivity index (χ1v) is 6.58. The number of hydrogen-bond donors (Lipinski definition) is 2. The predicted octanol–water partition coefficient (Wildman–Crippen LogP) is 3.42. The lowest BCUT2D eigenvalue weighted by Gasteiger charge is -2.07. The van der Waals surface area contributed by atoms with Crippen molar-refractivity contribution in [1.29, 1.82) is 0 Å². The molecule has 0 aliphatic heterocycles. The minimum atomic E-state index is -0.617. The molecule has 0 aliphatic carbocycles. The Bertz CT molecular complexity index is 580. The van der Waals surface area contributed by atoms with Gasteiger partial charge in [0.2, 0.25) is 0 Å². The van der Waals surface area contributed by atoms with Crippen molar-refractivity contribution in [1.82, 2.24) is 10.3 Å². The van der Waals surface area contributed by atoms with E-state index in [9.17, 15) is 9.18 Å². The van der Waals surface area contributed by atoms with Crippen LogP contribution in [0.3, 0.4) is 0 Å². The van der Waals surface area contributed by atoms with Gasteiger partial charge in [-0.15, -0.1) is 0 Å². The Morgan fingerprint density at radius 2 is 1.89 bits per heavy atom. The second-order valence-electron chi connectivity index (χ2n) is 3.60. The number of nitrogens with one attached hydrogen (secondary N) is 2. The van der Waals surface area contributed by atoms with Crippen LogP contribution in [0.5, 0.6) is 0 Å². The number of amides is 1. The number of rotatable bonds is 4. The largest absolute Gasteiger partial charge is 0.277 e. The summed E-state index contributed by atoms with van der Waals surface area (Å²) in [6.07, 6.45) is 0. The van der Waals surface area contributed by atoms with E-state index in [4.69, 9.17) is 11.6 Å². The molecule has 0 saturated carbocycles. The van der Waals surface area contributed by atoms with Crippen LogP contribution in [0.25, 0.3) is 0 Å². The van der Waals surface area contributed by atoms with Crippen LogP contribution in [-0.2, 0) is 0 Å². The molecule has 0 bridgehead atoms. The molecular formula is C13H10ClFN2OS. The maximum Gasteiger partial charge on any atom is 0.269 e. The van der Waals surface area contributed by atoms with Crippen LogP contribution in [0.1, 0.15) is 10.4 Å². The van der Waals surface area contributed by atoms with Gasteiger partial charge in [-0.3, -0.25) is 10.2 Å². The molecule has 0 aromatic heterocycles. The molecule has 0 spiro atoms. The summed E-state index contributed by atoms with van der Waals surface area (Å²) in [7, 11) is 0. The summed E-state index contributed by atoms with van der Waals surface area (Å²) in [5.41, 5.74) is 2.29. The van der Waals surface area contributed by atoms with Gasteiger partial charge in [-0.25, -0.2) is 4.39 Å². The van der Waals surface area contributed by atoms with Gasteiger partial charge in [0.05, 0.1) is 5.56 Å². The second-order valence-corrected chi connectivity index (χ2v) is 4.91. The van der Waals surface area contributed by atoms with E-state index in [-0.39, 0.29) is 5.56 Å². The van der Waals surface area contributed by atoms with Gasteiger partial charge in [0.1, 0.15) is 5.82 Å². The molecule has 2 rings (SSSR count). The lowest BCUT2D eigenvalue weighted by molar-refractivity contribution is 0.0943. The number of benzene rings is 2. The summed E-state index contributed by atoms with van der Waals surface area (Å²) in [6.45, 7) is 0. The Hall–Kier alpha value is -1.56. The molecule has 2 aromatic rings. The molecule has 2 aromatic carbocycles. The van der Waals surface area contributed by atoms with Crippen molar-refractivity contribution >= 4 is 29.5 Å². The summed E-state index contributed by atoms with van der Waals surface area (Å²) in [5.74, 6) is -1.20. The molecule has 2 N–H and O–H groups in total. The van der Waals surface area contributed by atoms with Crippen LogP contribution >= 0.6 is 23.5 Å². The van der Waals surface area contributed by atoms with Crippen LogP contribution in [0.2, 0.25) is 5.02 Å². The highest BCUT2D eigenvalue weighted by Gasteiger charge is 2.11. The third-order valence-corrected chi connectivity index (χ3v) is 3.20. The van der Waals surface area contributed by atoms with E-state index in [1.54, 1.807) is 0 Å². The fourth-order valence-corrected chi connectivity index (χ4v) is 2.09. The summed E-state index contributed by atoms with van der Waals surface area (Å²) in [6, 6.07) is 13.2. The van der Waals surface area contributed by atoms with Crippen LogP contribution in [0, 0.1) is 5.82 Å². The first-order chi connectivity index (χ1) is 9.16. The van der Waals surface area contributed by atoms with Gasteiger partial charge in [-0.1, -0.05) is 29.8 Å². The van der Waals surface area contributed by atoms with Crippen LogP contribution < -0.4 is 10.3 Å². The van der Waals surface area contributed by atoms with E-state index in [1.807, 2.05) is 30.3 Å². The van der Waals surface area contributed by atoms with Gasteiger partial charge < -0.3 is 0 Å². The Balaban J connectivity index is 1.93. The summed E-state index contributed by atoms with van der Waals surface area (Å²) < 4.78 is 13.4. The molecule has 6 heteroatoms. The quantitative estimate of drug-likeness (QED) is 0.671. The molecule has 0 radical (unpaired) electrons. The number of carbonyl (C=O) groups is 1. The number of carbonyl (C=O) groups excluding carboxylic acids is 1. The zero-order chi connectivity index (χ0) is 13.7. The summed E-state index contributed by atoms with van der Waals surface area (Å²) >= 11 is 6.93. The van der Waals surface area contributed by atoms with Crippen molar-refractivity contribution in [3.8, 4) is 0 Å². The molecule has 0 fully saturated rings. The van der Waals surface area contributed by atoms with E-state index >= 15 is 0 Å². The second kappa shape index (κ2) is 6.56. The SMILES string of the molecule is O=C(NNSc1ccccc1)c1cc(Cl)ccc1F. The van der Waals surface area contributed by atoms with Crippen LogP contribution in [-0.4, -0.2) is 5.91 Å². The molecule has 98 valence electrons. The van der Waals surface area contributed by atoms with Crippen LogP contribution in [0.4, 0.5) is 4.39 Å². The van der Waals surface area contributed by atoms with Crippen molar-refractivity contribution < 1.29 is 9.18 Å². The van der Waals surface area contributed by atoms with Gasteiger partial charge in [0.25, 0.3) is 5.91 Å². The highest BCUT2D eigenvalue weighted by Crippen LogP contribution is 2.15. The Morgan fingerprint density at radius 1 is 1.16 bits per heavy atom. The monoisotopic (exact) mass is 296 g/mol. The van der Waals surface area contributed by atoms with Crippen LogP contribution in [0.15, 0.2) is 53.4 Å². The van der Waals surface area contributed by atoms with E-state index < -0.39 is 11.7 Å². The summed E-state index contributed by atoms with van der Waals surface area (Å²) in [5, 5.41) is 0.308. The number of halogens is 2. The lowest BCUT2D eigenvalue weighted by atomic mass is 10.2. The molecule has 0 heterocycles. The highest BCUT2D eigenvalue weighted by atomic mass is 35.5. The zero-order valence-electron chi connectivity index (χ0n) is 9.69. The van der Waals surface area contributed by atoms with Gasteiger partial charge >= 0.3 is 0 Å². The van der Waals surface area contributed by atoms with E-state index in [2.05, 4.69) is 10.3 Å². The molecular weight excluding hydrogens is 287 g/mol. The van der Waals surface area contributed by atoms with Gasteiger partial charge in [-0.05, 0) is 42.3 Å². The summed E-state index contributed by atoms with van der Waals surface area (Å²) in [4.78, 5) is 15.3. The molecule has 1 amide bonds. The Labute approximate surface area is 119 Å². The minimum absolute atomic E-state index is 0.103. The van der Waals surface area contributed by atoms with E-state index in [1.165, 1.54) is 24.1 Å². The van der Waals surface area contributed by atoms with Crippen molar-refractivity contribution in [2.24, 2.45) is 0 Å². The third kappa shape index (κ3) is 3.96. The third-order valence-electron chi connectivity index (χ3n) is 2.25. The van der Waals surface area contributed by atoms with Gasteiger partial charge in [0.15, 0.2) is 0 Å². The molecule has 0 aliphatic rings. The number of hydrogen-bond acceptors (Lipinski definition) is 3. The smallest absolute Gasteiger partial charge is 0.269 e. The maximum atomic E-state index is 13.4. The minimum Gasteiger partial charge on any atom is -0.277 e. The fourth-order valence-electron chi connectivity index (χ4n) is 1.36. The van der Waals surface area contributed by atoms with Gasteiger partial charge in [-0.2, -0.15) is 4.83 Å². The molecule has 0 atom stereocenters. The Kier molecular flexibility index (Phi) is 4.79. The average molecular weight is 297 g/mol. The first kappa shape index (κ1) is 13.9. The average Bonchev–Trinajstić information content (AvgIpc) is 2.42. The maximum absolute atomic E-state index is 13.4. The van der Waals surface area contributed by atoms with Gasteiger partial charge in [0, 0.05) is 9.92 Å². The molecule has 0 saturated heterocycles. The molecule has 3 nitrogen and oxygen atoms in total. The molecule has 0 unspecified atom stereocenters.